The van der Waals surface area contributed by atoms with Crippen LogP contribution < -0.4 is 21.0 Å². The van der Waals surface area contributed by atoms with E-state index in [0.717, 1.165) is 0 Å². The Hall–Kier alpha value is -2.94. The molecule has 0 spiro atoms. The highest BCUT2D eigenvalue weighted by Crippen LogP contribution is 2.52. The van der Waals surface area contributed by atoms with Gasteiger partial charge in [0.1, 0.15) is 36.3 Å². The van der Waals surface area contributed by atoms with Gasteiger partial charge in [-0.2, -0.15) is 10.1 Å². The van der Waals surface area contributed by atoms with Crippen LogP contribution >= 0.6 is 7.75 Å². The number of aliphatic hydroxyl groups excluding tert-OH is 1. The molecule has 2 heterocycles. The third-order valence-electron chi connectivity index (χ3n) is 5.97. The number of benzene rings is 1. The number of nitrogens with one attached hydrogen (secondary N) is 1. The molecule has 1 aliphatic heterocycles. The number of alkyl halides is 1. The van der Waals surface area contributed by atoms with E-state index in [1.165, 1.54) is 32.9 Å². The zero-order valence-corrected chi connectivity index (χ0v) is 23.4. The van der Waals surface area contributed by atoms with E-state index < -0.39 is 79.5 Å². The second-order valence-corrected chi connectivity index (χ2v) is 11.7. The van der Waals surface area contributed by atoms with Gasteiger partial charge < -0.3 is 29.9 Å². The fourth-order valence-corrected chi connectivity index (χ4v) is 5.88. The smallest absolute Gasteiger partial charge is 0.460 e. The predicted molar refractivity (Wildman–Crippen MR) is 137 cm³/mol. The van der Waals surface area contributed by atoms with Crippen LogP contribution in [0, 0.1) is 5.82 Å². The van der Waals surface area contributed by atoms with E-state index in [9.17, 15) is 33.1 Å². The summed E-state index contributed by atoms with van der Waals surface area (Å²) in [4.78, 5) is 28.1. The molecular formula is C24H33F2N4O9P. The van der Waals surface area contributed by atoms with Crippen molar-refractivity contribution in [2.24, 2.45) is 0 Å². The average molecular weight is 591 g/mol. The first kappa shape index (κ1) is 31.6. The van der Waals surface area contributed by atoms with Gasteiger partial charge in [0.25, 0.3) is 0 Å². The summed E-state index contributed by atoms with van der Waals surface area (Å²) in [6.07, 6.45) is -5.70. The first-order valence-corrected chi connectivity index (χ1v) is 13.8. The number of esters is 1. The summed E-state index contributed by atoms with van der Waals surface area (Å²) < 4.78 is 65.0. The van der Waals surface area contributed by atoms with E-state index >= 15 is 0 Å². The number of ether oxygens (including phenoxy) is 2. The quantitative estimate of drug-likeness (QED) is 0.220. The van der Waals surface area contributed by atoms with Gasteiger partial charge in [0.15, 0.2) is 23.5 Å². The summed E-state index contributed by atoms with van der Waals surface area (Å²) in [6.45, 7) is 5.53. The molecule has 13 nitrogen and oxygen atoms in total. The van der Waals surface area contributed by atoms with E-state index in [4.69, 9.17) is 24.3 Å². The molecular weight excluding hydrogens is 557 g/mol. The van der Waals surface area contributed by atoms with Gasteiger partial charge in [-0.1, -0.05) is 18.2 Å². The highest BCUT2D eigenvalue weighted by atomic mass is 31.2. The van der Waals surface area contributed by atoms with E-state index in [2.05, 4.69) is 10.1 Å². The van der Waals surface area contributed by atoms with Crippen molar-refractivity contribution < 1.29 is 46.9 Å². The van der Waals surface area contributed by atoms with Crippen LogP contribution in [0.15, 0.2) is 41.3 Å². The lowest BCUT2D eigenvalue weighted by atomic mass is 9.88. The van der Waals surface area contributed by atoms with Crippen LogP contribution in [0.3, 0.4) is 0 Å². The zero-order valence-electron chi connectivity index (χ0n) is 22.5. The molecule has 222 valence electrons. The van der Waals surface area contributed by atoms with Gasteiger partial charge in [-0.15, -0.1) is 0 Å². The van der Waals surface area contributed by atoms with Crippen LogP contribution in [-0.2, 0) is 23.4 Å². The first-order valence-electron chi connectivity index (χ1n) is 12.2. The van der Waals surface area contributed by atoms with Crippen molar-refractivity contribution in [2.75, 3.05) is 12.4 Å². The molecule has 1 fully saturated rings. The number of aliphatic hydroxyl groups is 2. The van der Waals surface area contributed by atoms with Gasteiger partial charge in [0, 0.05) is 0 Å². The first-order chi connectivity index (χ1) is 18.5. The number of hydrogen-bond acceptors (Lipinski definition) is 11. The highest BCUT2D eigenvalue weighted by Gasteiger charge is 2.62. The Morgan fingerprint density at radius 2 is 1.95 bits per heavy atom. The van der Waals surface area contributed by atoms with Crippen molar-refractivity contribution in [2.45, 2.75) is 76.4 Å². The molecule has 16 heteroatoms. The molecule has 1 aromatic heterocycles. The van der Waals surface area contributed by atoms with E-state index in [0.29, 0.717) is 10.8 Å². The number of nitrogens with two attached hydrogens (primary N) is 1. The lowest BCUT2D eigenvalue weighted by Gasteiger charge is -2.36. The second-order valence-electron chi connectivity index (χ2n) is 10.1. The van der Waals surface area contributed by atoms with Gasteiger partial charge in [-0.05, 0) is 46.8 Å². The number of carbonyl (C=O) groups excluding carboxylic acids is 1. The van der Waals surface area contributed by atoms with Crippen LogP contribution in [0.5, 0.6) is 5.75 Å². The van der Waals surface area contributed by atoms with E-state index in [-0.39, 0.29) is 5.75 Å². The maximum absolute atomic E-state index is 14.2. The van der Waals surface area contributed by atoms with Gasteiger partial charge in [0.2, 0.25) is 0 Å². The minimum atomic E-state index is -4.54. The fraction of sp³-hybridized carbons (Fsp3) is 0.542. The van der Waals surface area contributed by atoms with Gasteiger partial charge >= 0.3 is 19.4 Å². The van der Waals surface area contributed by atoms with Crippen molar-refractivity contribution in [1.29, 1.82) is 0 Å². The Balaban J connectivity index is 1.97. The summed E-state index contributed by atoms with van der Waals surface area (Å²) in [5.74, 6) is -2.58. The molecule has 0 amide bonds. The average Bonchev–Trinajstić information content (AvgIpc) is 3.12. The summed E-state index contributed by atoms with van der Waals surface area (Å²) in [5, 5.41) is 24.5. The maximum Gasteiger partial charge on any atom is 0.460 e. The largest absolute Gasteiger partial charge is 0.462 e. The number of para-hydroxylation sites is 1. The molecule has 2 unspecified atom stereocenters. The lowest BCUT2D eigenvalue weighted by Crippen LogP contribution is -2.54. The van der Waals surface area contributed by atoms with Crippen LogP contribution in [0.4, 0.5) is 14.6 Å². The maximum atomic E-state index is 14.2. The molecule has 1 saturated heterocycles. The Labute approximate surface area is 228 Å². The molecule has 2 aromatic rings. The summed E-state index contributed by atoms with van der Waals surface area (Å²) >= 11 is 0. The summed E-state index contributed by atoms with van der Waals surface area (Å²) in [6, 6.07) is 6.59. The number of anilines is 1. The van der Waals surface area contributed by atoms with E-state index in [1.54, 1.807) is 32.0 Å². The summed E-state index contributed by atoms with van der Waals surface area (Å²) in [7, 11) is -4.54. The normalized spacial score (nSPS) is 25.4. The van der Waals surface area contributed by atoms with Crippen LogP contribution in [0.1, 0.15) is 40.8 Å². The monoisotopic (exact) mass is 590 g/mol. The van der Waals surface area contributed by atoms with Gasteiger partial charge in [-0.25, -0.2) is 18.1 Å². The van der Waals surface area contributed by atoms with Crippen molar-refractivity contribution in [3.63, 3.8) is 0 Å². The summed E-state index contributed by atoms with van der Waals surface area (Å²) in [5.41, 5.74) is -0.555. The topological polar surface area (TPSA) is 184 Å². The Morgan fingerprint density at radius 1 is 1.32 bits per heavy atom. The molecule has 0 bridgehead atoms. The van der Waals surface area contributed by atoms with Crippen LogP contribution in [-0.4, -0.2) is 68.0 Å². The molecule has 5 N–H and O–H groups in total. The van der Waals surface area contributed by atoms with Gasteiger partial charge in [0.05, 0.1) is 12.3 Å². The number of hydrogen-bond donors (Lipinski definition) is 4. The minimum absolute atomic E-state index is 0.0829. The lowest BCUT2D eigenvalue weighted by molar-refractivity contribution is -0.149. The standard InChI is InChI=1S/C24H33F2N4O9P/c1-13(2)36-20(32)14(3)29-40(35,38-15-9-7-6-8-10-15)39-23(4,5)18-17(31)24(34,12-25)21(37-18)30-11-16(26)19(27)28-22(30)33/h6-11,13-14,17-18,21,31,34H,12H2,1-5H3,(H,29,35)(H2,27,28,33)/t14-,17?,18-,21+,24+,40?/m0/s1. The van der Waals surface area contributed by atoms with Crippen molar-refractivity contribution in [3.8, 4) is 5.75 Å². The molecule has 1 aromatic carbocycles. The SMILES string of the molecule is CC(C)OC(=O)[C@H](C)NP(=O)(Oc1ccccc1)OC(C)(C)[C@H]1O[C@@H](n2cc(F)c(N)nc2=O)[C@@](O)(CF)C1O. The predicted octanol–water partition coefficient (Wildman–Crippen LogP) is 1.84. The molecule has 6 atom stereocenters. The number of nitrogen functional groups attached to an aromatic ring is 1. The Bertz CT molecular complexity index is 1310. The van der Waals surface area contributed by atoms with Crippen molar-refractivity contribution in [3.05, 3.63) is 52.8 Å². The fourth-order valence-electron chi connectivity index (χ4n) is 4.04. The van der Waals surface area contributed by atoms with Crippen LogP contribution in [0.25, 0.3) is 0 Å². The van der Waals surface area contributed by atoms with Crippen LogP contribution in [0.2, 0.25) is 0 Å². The molecule has 1 aliphatic rings. The van der Waals surface area contributed by atoms with Crippen molar-refractivity contribution in [1.82, 2.24) is 14.6 Å². The molecule has 3 rings (SSSR count). The second kappa shape index (κ2) is 11.9. The number of halogens is 2. The third-order valence-corrected chi connectivity index (χ3v) is 7.84. The molecule has 0 aliphatic carbocycles. The number of carbonyl (C=O) groups is 1. The van der Waals surface area contributed by atoms with Gasteiger partial charge in [-0.3, -0.25) is 13.9 Å². The molecule has 0 radical (unpaired) electrons. The van der Waals surface area contributed by atoms with Crippen molar-refractivity contribution >= 4 is 19.5 Å². The Morgan fingerprint density at radius 3 is 2.52 bits per heavy atom. The number of rotatable bonds is 11. The minimum Gasteiger partial charge on any atom is -0.462 e. The number of aromatic nitrogens is 2. The number of nitrogens with zero attached hydrogens (tertiary/aromatic N) is 2. The zero-order chi connectivity index (χ0) is 30.0. The third kappa shape index (κ3) is 6.67. The highest BCUT2D eigenvalue weighted by molar-refractivity contribution is 7.52. The molecule has 40 heavy (non-hydrogen) atoms. The Kier molecular flexibility index (Phi) is 9.39. The van der Waals surface area contributed by atoms with E-state index in [1.807, 2.05) is 0 Å². The molecule has 0 saturated carbocycles.